The number of aromatic hydroxyl groups is 1. The predicted molar refractivity (Wildman–Crippen MR) is 84.8 cm³/mol. The van der Waals surface area contributed by atoms with Crippen molar-refractivity contribution < 1.29 is 9.52 Å². The lowest BCUT2D eigenvalue weighted by Crippen LogP contribution is -2.13. The molecule has 3 rings (SSSR count). The maximum absolute atomic E-state index is 12.7. The van der Waals surface area contributed by atoms with E-state index in [0.29, 0.717) is 34.3 Å². The summed E-state index contributed by atoms with van der Waals surface area (Å²) in [6.45, 7) is 0.481. The van der Waals surface area contributed by atoms with Crippen LogP contribution in [0.5, 0.6) is 5.75 Å². The Kier molecular flexibility index (Phi) is 3.65. The molecule has 1 aromatic carbocycles. The maximum atomic E-state index is 12.7. The van der Waals surface area contributed by atoms with E-state index < -0.39 is 0 Å². The van der Waals surface area contributed by atoms with Crippen LogP contribution in [0.2, 0.25) is 0 Å². The molecular formula is C17H16N2O3. The van der Waals surface area contributed by atoms with Crippen LogP contribution in [0.3, 0.4) is 0 Å². The van der Waals surface area contributed by atoms with Gasteiger partial charge in [-0.1, -0.05) is 6.07 Å². The summed E-state index contributed by atoms with van der Waals surface area (Å²) in [5.74, 6) is 0.120. The molecule has 2 heterocycles. The van der Waals surface area contributed by atoms with Crippen LogP contribution in [0, 0.1) is 0 Å². The minimum Gasteiger partial charge on any atom is -0.507 e. The molecule has 0 aliphatic carbocycles. The van der Waals surface area contributed by atoms with Gasteiger partial charge in [0.2, 0.25) is 5.43 Å². The first-order valence-electron chi connectivity index (χ1n) is 6.90. The first-order chi connectivity index (χ1) is 10.6. The first-order valence-corrected chi connectivity index (χ1v) is 6.90. The normalized spacial score (nSPS) is 11.2. The number of aromatic nitrogens is 1. The van der Waals surface area contributed by atoms with Crippen molar-refractivity contribution in [1.82, 2.24) is 9.88 Å². The Morgan fingerprint density at radius 2 is 2.05 bits per heavy atom. The van der Waals surface area contributed by atoms with Gasteiger partial charge in [0.1, 0.15) is 17.6 Å². The Morgan fingerprint density at radius 3 is 2.73 bits per heavy atom. The molecule has 0 amide bonds. The van der Waals surface area contributed by atoms with Gasteiger partial charge in [0, 0.05) is 12.7 Å². The third-order valence-corrected chi connectivity index (χ3v) is 3.43. The van der Waals surface area contributed by atoms with Crippen molar-refractivity contribution in [3.8, 4) is 17.0 Å². The average molecular weight is 296 g/mol. The van der Waals surface area contributed by atoms with E-state index in [1.54, 1.807) is 24.4 Å². The second-order valence-corrected chi connectivity index (χ2v) is 5.37. The fourth-order valence-corrected chi connectivity index (χ4v) is 2.42. The lowest BCUT2D eigenvalue weighted by molar-refractivity contribution is 0.384. The highest BCUT2D eigenvalue weighted by Gasteiger charge is 2.15. The summed E-state index contributed by atoms with van der Waals surface area (Å²) in [7, 11) is 3.78. The molecule has 0 bridgehead atoms. The number of pyridine rings is 1. The number of fused-ring (bicyclic) bond motifs is 1. The molecule has 0 spiro atoms. The van der Waals surface area contributed by atoms with Crippen molar-refractivity contribution in [2.45, 2.75) is 6.54 Å². The number of nitrogens with zero attached hydrogens (tertiary/aromatic N) is 2. The molecule has 0 aliphatic heterocycles. The highest BCUT2D eigenvalue weighted by atomic mass is 16.3. The zero-order valence-corrected chi connectivity index (χ0v) is 12.4. The van der Waals surface area contributed by atoms with Crippen LogP contribution in [-0.4, -0.2) is 29.1 Å². The van der Waals surface area contributed by atoms with Crippen LogP contribution in [0.4, 0.5) is 0 Å². The van der Waals surface area contributed by atoms with E-state index in [1.165, 1.54) is 12.3 Å². The number of hydrogen-bond donors (Lipinski definition) is 1. The molecule has 3 aromatic rings. The van der Waals surface area contributed by atoms with E-state index in [1.807, 2.05) is 25.1 Å². The number of benzene rings is 1. The second-order valence-electron chi connectivity index (χ2n) is 5.37. The van der Waals surface area contributed by atoms with Crippen molar-refractivity contribution in [2.75, 3.05) is 14.1 Å². The molecule has 1 N–H and O–H groups in total. The van der Waals surface area contributed by atoms with Crippen molar-refractivity contribution >= 4 is 11.0 Å². The molecule has 2 aromatic heterocycles. The zero-order chi connectivity index (χ0) is 15.7. The van der Waals surface area contributed by atoms with Crippen molar-refractivity contribution in [1.29, 1.82) is 0 Å². The smallest absolute Gasteiger partial charge is 0.202 e. The molecule has 5 heteroatoms. The van der Waals surface area contributed by atoms with Crippen LogP contribution >= 0.6 is 0 Å². The summed E-state index contributed by atoms with van der Waals surface area (Å²) in [4.78, 5) is 18.8. The second kappa shape index (κ2) is 5.61. The van der Waals surface area contributed by atoms with Crippen LogP contribution in [0.25, 0.3) is 22.2 Å². The minimum atomic E-state index is -0.153. The Hall–Kier alpha value is -2.66. The molecule has 0 aliphatic rings. The Morgan fingerprint density at radius 1 is 1.23 bits per heavy atom. The zero-order valence-electron chi connectivity index (χ0n) is 12.4. The molecule has 0 atom stereocenters. The van der Waals surface area contributed by atoms with Crippen LogP contribution in [-0.2, 0) is 6.54 Å². The van der Waals surface area contributed by atoms with E-state index in [2.05, 4.69) is 4.98 Å². The molecular weight excluding hydrogens is 280 g/mol. The van der Waals surface area contributed by atoms with Crippen LogP contribution < -0.4 is 5.43 Å². The largest absolute Gasteiger partial charge is 0.507 e. The Balaban J connectivity index is 2.25. The molecule has 5 nitrogen and oxygen atoms in total. The van der Waals surface area contributed by atoms with Gasteiger partial charge in [-0.25, -0.2) is 0 Å². The lowest BCUT2D eigenvalue weighted by Gasteiger charge is -2.13. The highest BCUT2D eigenvalue weighted by molar-refractivity contribution is 5.85. The summed E-state index contributed by atoms with van der Waals surface area (Å²) < 4.78 is 5.66. The van der Waals surface area contributed by atoms with Gasteiger partial charge in [0.15, 0.2) is 0 Å². The fourth-order valence-electron chi connectivity index (χ4n) is 2.42. The van der Waals surface area contributed by atoms with E-state index in [9.17, 15) is 9.90 Å². The fraction of sp³-hybridized carbons (Fsp3) is 0.176. The third-order valence-electron chi connectivity index (χ3n) is 3.43. The van der Waals surface area contributed by atoms with Crippen molar-refractivity contribution in [3.63, 3.8) is 0 Å². The predicted octanol–water partition coefficient (Wildman–Crippen LogP) is 2.62. The molecule has 0 radical (unpaired) electrons. The quantitative estimate of drug-likeness (QED) is 0.804. The van der Waals surface area contributed by atoms with Gasteiger partial charge < -0.3 is 14.4 Å². The molecule has 22 heavy (non-hydrogen) atoms. The van der Waals surface area contributed by atoms with Crippen LogP contribution in [0.1, 0.15) is 5.56 Å². The summed E-state index contributed by atoms with van der Waals surface area (Å²) >= 11 is 0. The first kappa shape index (κ1) is 14.3. The monoisotopic (exact) mass is 296 g/mol. The van der Waals surface area contributed by atoms with E-state index in [0.717, 1.165) is 0 Å². The Bertz CT molecular complexity index is 870. The molecule has 0 fully saturated rings. The SMILES string of the molecule is CN(C)Cc1c(O)ccc2c(=O)c(-c3ccccn3)coc12. The van der Waals surface area contributed by atoms with Gasteiger partial charge in [0.25, 0.3) is 0 Å². The minimum absolute atomic E-state index is 0.120. The maximum Gasteiger partial charge on any atom is 0.202 e. The summed E-state index contributed by atoms with van der Waals surface area (Å²) in [5, 5.41) is 10.5. The van der Waals surface area contributed by atoms with Gasteiger partial charge in [-0.15, -0.1) is 0 Å². The topological polar surface area (TPSA) is 66.6 Å². The van der Waals surface area contributed by atoms with Gasteiger partial charge in [0.05, 0.1) is 22.2 Å². The molecule has 0 saturated heterocycles. The highest BCUT2D eigenvalue weighted by Crippen LogP contribution is 2.28. The van der Waals surface area contributed by atoms with Gasteiger partial charge in [-0.3, -0.25) is 9.78 Å². The van der Waals surface area contributed by atoms with Gasteiger partial charge >= 0.3 is 0 Å². The van der Waals surface area contributed by atoms with E-state index >= 15 is 0 Å². The molecule has 112 valence electrons. The molecule has 0 unspecified atom stereocenters. The van der Waals surface area contributed by atoms with E-state index in [4.69, 9.17) is 4.42 Å². The summed E-state index contributed by atoms with van der Waals surface area (Å²) in [6, 6.07) is 8.49. The average Bonchev–Trinajstić information content (AvgIpc) is 2.51. The lowest BCUT2D eigenvalue weighted by atomic mass is 10.1. The van der Waals surface area contributed by atoms with Gasteiger partial charge in [-0.05, 0) is 38.4 Å². The summed E-state index contributed by atoms with van der Waals surface area (Å²) in [5.41, 5.74) is 1.85. The number of phenols is 1. The summed E-state index contributed by atoms with van der Waals surface area (Å²) in [6.07, 6.45) is 3.04. The van der Waals surface area contributed by atoms with Crippen molar-refractivity contribution in [3.05, 3.63) is 58.6 Å². The van der Waals surface area contributed by atoms with Crippen molar-refractivity contribution in [2.24, 2.45) is 0 Å². The number of rotatable bonds is 3. The standard InChI is InChI=1S/C17H16N2O3/c1-19(2)9-12-15(20)7-6-11-16(21)13(10-22-17(11)12)14-5-3-4-8-18-14/h3-8,10,20H,9H2,1-2H3. The number of phenolic OH excluding ortho intramolecular Hbond substituents is 1. The van der Waals surface area contributed by atoms with Crippen LogP contribution in [0.15, 0.2) is 52.0 Å². The molecule has 0 saturated carbocycles. The van der Waals surface area contributed by atoms with E-state index in [-0.39, 0.29) is 11.2 Å². The number of hydrogen-bond acceptors (Lipinski definition) is 5. The van der Waals surface area contributed by atoms with Gasteiger partial charge in [-0.2, -0.15) is 0 Å². The Labute approximate surface area is 127 Å². The third kappa shape index (κ3) is 2.46.